The molecule has 0 radical (unpaired) electrons. The summed E-state index contributed by atoms with van der Waals surface area (Å²) >= 11 is 0. The lowest BCUT2D eigenvalue weighted by Crippen LogP contribution is -2.67. The van der Waals surface area contributed by atoms with Crippen molar-refractivity contribution >= 4 is 27.9 Å². The standard InChI is InChI=1S/C36H43N7O5S/c1-23(2)16-27-21-48-31-18-30(32-24(3)8-6-9-25(32)4)38-34(39-31)40-49(46,47)29-11-7-10-26(17-29)33(44)43(27)28-19-42(20-28)35(45)41-14-12-36(5,22-37)13-15-41/h6-11,17-18,23,27-28H,12-16,19-21H2,1-5H3,(H,38,39,40)/t27-/m1/s1. The van der Waals surface area contributed by atoms with Gasteiger partial charge in [-0.15, -0.1) is 0 Å². The van der Waals surface area contributed by atoms with Crippen molar-refractivity contribution in [2.45, 2.75) is 70.9 Å². The Morgan fingerprint density at radius 3 is 2.39 bits per heavy atom. The van der Waals surface area contributed by atoms with E-state index in [0.717, 1.165) is 16.7 Å². The van der Waals surface area contributed by atoms with Crippen molar-refractivity contribution in [2.24, 2.45) is 11.3 Å². The number of urea groups is 1. The quantitative estimate of drug-likeness (QED) is 0.392. The summed E-state index contributed by atoms with van der Waals surface area (Å²) < 4.78 is 36.2. The minimum Gasteiger partial charge on any atom is -0.475 e. The van der Waals surface area contributed by atoms with Crippen LogP contribution in [0.5, 0.6) is 5.88 Å². The van der Waals surface area contributed by atoms with E-state index in [0.29, 0.717) is 51.1 Å². The van der Waals surface area contributed by atoms with E-state index < -0.39 is 21.5 Å². The highest BCUT2D eigenvalue weighted by Gasteiger charge is 2.43. The molecule has 258 valence electrons. The van der Waals surface area contributed by atoms with Crippen molar-refractivity contribution in [1.29, 1.82) is 5.26 Å². The molecule has 3 aliphatic rings. The number of hydrogen-bond acceptors (Lipinski definition) is 8. The van der Waals surface area contributed by atoms with E-state index >= 15 is 0 Å². The second-order valence-corrected chi connectivity index (χ2v) is 15.8. The summed E-state index contributed by atoms with van der Waals surface area (Å²) in [4.78, 5) is 42.1. The molecule has 1 aromatic heterocycles. The van der Waals surface area contributed by atoms with Crippen LogP contribution in [0, 0.1) is 36.5 Å². The number of carbonyl (C=O) groups is 2. The number of amides is 3. The molecule has 2 aromatic carbocycles. The Labute approximate surface area is 288 Å². The number of anilines is 1. The zero-order valence-corrected chi connectivity index (χ0v) is 29.5. The second kappa shape index (κ2) is 13.3. The minimum absolute atomic E-state index is 0.0959. The number of hydrogen-bond donors (Lipinski definition) is 1. The first kappa shape index (κ1) is 34.2. The summed E-state index contributed by atoms with van der Waals surface area (Å²) in [6, 6.07) is 15.1. The number of nitriles is 1. The number of carbonyl (C=O) groups excluding carboxylic acids is 2. The SMILES string of the molecule is Cc1cccc(C)c1-c1cc2nc(n1)NS(=O)(=O)c1cccc(c1)C(=O)N(C1CN(C(=O)N3CCC(C)(C#N)CC3)C1)[C@H](CC(C)C)CO2. The Morgan fingerprint density at radius 1 is 1.06 bits per heavy atom. The van der Waals surface area contributed by atoms with Gasteiger partial charge < -0.3 is 19.4 Å². The van der Waals surface area contributed by atoms with Crippen molar-refractivity contribution in [2.75, 3.05) is 37.5 Å². The average Bonchev–Trinajstić information content (AvgIpc) is 3.04. The molecule has 1 N–H and O–H groups in total. The zero-order valence-electron chi connectivity index (χ0n) is 28.6. The largest absolute Gasteiger partial charge is 0.475 e. The molecule has 6 rings (SSSR count). The van der Waals surface area contributed by atoms with Crippen LogP contribution in [0.25, 0.3) is 11.3 Å². The lowest BCUT2D eigenvalue weighted by Gasteiger charge is -2.50. The van der Waals surface area contributed by atoms with E-state index in [1.165, 1.54) is 12.1 Å². The molecule has 0 saturated carbocycles. The first-order valence-electron chi connectivity index (χ1n) is 16.8. The highest BCUT2D eigenvalue weighted by Crippen LogP contribution is 2.33. The maximum Gasteiger partial charge on any atom is 0.320 e. The molecule has 3 aliphatic heterocycles. The van der Waals surface area contributed by atoms with Gasteiger partial charge in [0.2, 0.25) is 11.8 Å². The molecule has 49 heavy (non-hydrogen) atoms. The van der Waals surface area contributed by atoms with Crippen molar-refractivity contribution in [3.63, 3.8) is 0 Å². The van der Waals surface area contributed by atoms with Crippen LogP contribution in [0.15, 0.2) is 53.4 Å². The average molecular weight is 686 g/mol. The van der Waals surface area contributed by atoms with Gasteiger partial charge in [-0.3, -0.25) is 4.79 Å². The van der Waals surface area contributed by atoms with Gasteiger partial charge >= 0.3 is 6.03 Å². The number of rotatable bonds is 4. The number of nitrogens with zero attached hydrogens (tertiary/aromatic N) is 6. The van der Waals surface area contributed by atoms with Gasteiger partial charge in [-0.25, -0.2) is 22.9 Å². The normalized spacial score (nSPS) is 20.6. The maximum absolute atomic E-state index is 14.4. The van der Waals surface area contributed by atoms with Crippen LogP contribution in [0.3, 0.4) is 0 Å². The first-order chi connectivity index (χ1) is 23.3. The molecule has 2 saturated heterocycles. The van der Waals surface area contributed by atoms with Gasteiger partial charge in [0.05, 0.1) is 34.2 Å². The fourth-order valence-electron chi connectivity index (χ4n) is 6.92. The Kier molecular flexibility index (Phi) is 9.28. The van der Waals surface area contributed by atoms with Gasteiger partial charge in [-0.1, -0.05) is 38.1 Å². The van der Waals surface area contributed by atoms with Gasteiger partial charge in [-0.2, -0.15) is 10.2 Å². The molecular formula is C36H43N7O5S. The molecule has 0 aliphatic carbocycles. The third-order valence-corrected chi connectivity index (χ3v) is 11.1. The van der Waals surface area contributed by atoms with Crippen LogP contribution in [0.1, 0.15) is 61.5 Å². The molecule has 13 heteroatoms. The molecule has 3 aromatic rings. The Hall–Kier alpha value is -4.70. The predicted molar refractivity (Wildman–Crippen MR) is 184 cm³/mol. The van der Waals surface area contributed by atoms with Crippen LogP contribution < -0.4 is 9.46 Å². The Bertz CT molecular complexity index is 1890. The lowest BCUT2D eigenvalue weighted by atomic mass is 9.82. The van der Waals surface area contributed by atoms with Gasteiger partial charge in [0.15, 0.2) is 0 Å². The van der Waals surface area contributed by atoms with E-state index in [-0.39, 0.29) is 52.8 Å². The summed E-state index contributed by atoms with van der Waals surface area (Å²) in [7, 11) is -4.19. The van der Waals surface area contributed by atoms with Crippen LogP contribution in [-0.2, 0) is 10.0 Å². The van der Waals surface area contributed by atoms with Crippen LogP contribution in [0.2, 0.25) is 0 Å². The molecule has 12 nitrogen and oxygen atoms in total. The van der Waals surface area contributed by atoms with Crippen molar-refractivity contribution < 1.29 is 22.7 Å². The van der Waals surface area contributed by atoms with Crippen LogP contribution >= 0.6 is 0 Å². The monoisotopic (exact) mass is 685 g/mol. The molecule has 4 heterocycles. The summed E-state index contributed by atoms with van der Waals surface area (Å²) in [6.45, 7) is 11.8. The fourth-order valence-corrected chi connectivity index (χ4v) is 7.91. The van der Waals surface area contributed by atoms with Crippen LogP contribution in [0.4, 0.5) is 10.7 Å². The molecule has 3 amide bonds. The van der Waals surface area contributed by atoms with Crippen molar-refractivity contribution in [1.82, 2.24) is 24.7 Å². The smallest absolute Gasteiger partial charge is 0.320 e. The number of aryl methyl sites for hydroxylation is 2. The summed E-state index contributed by atoms with van der Waals surface area (Å²) in [5.74, 6) is -0.0965. The van der Waals surface area contributed by atoms with Crippen LogP contribution in [-0.4, -0.2) is 89.9 Å². The topological polar surface area (TPSA) is 149 Å². The number of ether oxygens (including phenoxy) is 1. The van der Waals surface area contributed by atoms with Gasteiger partial charge in [-0.05, 0) is 75.3 Å². The number of nitrogens with one attached hydrogen (secondary N) is 1. The first-order valence-corrected chi connectivity index (χ1v) is 18.2. The Balaban J connectivity index is 1.35. The number of likely N-dealkylation sites (tertiary alicyclic amines) is 2. The van der Waals surface area contributed by atoms with Crippen molar-refractivity contribution in [3.05, 3.63) is 65.2 Å². The van der Waals surface area contributed by atoms with Gasteiger partial charge in [0, 0.05) is 43.4 Å². The third-order valence-electron chi connectivity index (χ3n) is 9.79. The number of aromatic nitrogens is 2. The molecule has 0 unspecified atom stereocenters. The number of benzene rings is 2. The van der Waals surface area contributed by atoms with E-state index in [1.807, 2.05) is 39.0 Å². The van der Waals surface area contributed by atoms with Gasteiger partial charge in [0.1, 0.15) is 6.61 Å². The lowest BCUT2D eigenvalue weighted by molar-refractivity contribution is 0.00216. The summed E-state index contributed by atoms with van der Waals surface area (Å²) in [5, 5.41) is 9.51. The highest BCUT2D eigenvalue weighted by molar-refractivity contribution is 7.92. The minimum atomic E-state index is -4.19. The van der Waals surface area contributed by atoms with E-state index in [1.54, 1.807) is 32.9 Å². The summed E-state index contributed by atoms with van der Waals surface area (Å²) in [5.41, 5.74) is 3.08. The number of piperidine rings is 1. The third kappa shape index (κ3) is 7.06. The zero-order chi connectivity index (χ0) is 35.1. The van der Waals surface area contributed by atoms with Gasteiger partial charge in [0.25, 0.3) is 15.9 Å². The molecule has 1 atom stereocenters. The maximum atomic E-state index is 14.4. The molecule has 0 spiro atoms. The van der Waals surface area contributed by atoms with Crippen molar-refractivity contribution in [3.8, 4) is 23.2 Å². The number of sulfonamides is 1. The molecule has 4 bridgehead atoms. The fraction of sp³-hybridized carbons (Fsp3) is 0.472. The van der Waals surface area contributed by atoms with E-state index in [9.17, 15) is 23.3 Å². The molecular weight excluding hydrogens is 643 g/mol. The number of fused-ring (bicyclic) bond motifs is 4. The van der Waals surface area contributed by atoms with E-state index in [2.05, 4.69) is 34.6 Å². The molecule has 2 fully saturated rings. The Morgan fingerprint density at radius 2 is 1.73 bits per heavy atom. The van der Waals surface area contributed by atoms with E-state index in [4.69, 9.17) is 4.74 Å². The highest BCUT2D eigenvalue weighted by atomic mass is 32.2. The summed E-state index contributed by atoms with van der Waals surface area (Å²) in [6.07, 6.45) is 1.84. The predicted octanol–water partition coefficient (Wildman–Crippen LogP) is 5.24. The second-order valence-electron chi connectivity index (χ2n) is 14.1.